The Morgan fingerprint density at radius 3 is 2.57 bits per heavy atom. The lowest BCUT2D eigenvalue weighted by atomic mass is 9.87. The summed E-state index contributed by atoms with van der Waals surface area (Å²) in [5.41, 5.74) is 1.84. The number of allylic oxidation sites excluding steroid dienone is 3. The van der Waals surface area contributed by atoms with Crippen molar-refractivity contribution in [2.45, 2.75) is 85.4 Å². The largest absolute Gasteiger partial charge is 0.490 e. The van der Waals surface area contributed by atoms with Gasteiger partial charge in [-0.15, -0.1) is 0 Å². The normalized spacial score (nSPS) is 21.0. The van der Waals surface area contributed by atoms with E-state index >= 15 is 4.39 Å². The van der Waals surface area contributed by atoms with Crippen molar-refractivity contribution in [3.05, 3.63) is 46.2 Å². The molecule has 0 saturated carbocycles. The second-order valence-electron chi connectivity index (χ2n) is 7.83. The minimum Gasteiger partial charge on any atom is -0.490 e. The average molecular weight is 421 g/mol. The van der Waals surface area contributed by atoms with E-state index in [1.54, 1.807) is 13.0 Å². The molecule has 1 heterocycles. The number of carbonyl (C=O) groups excluding carboxylic acids is 2. The van der Waals surface area contributed by atoms with E-state index in [2.05, 4.69) is 6.92 Å². The Bertz CT molecular complexity index is 783. The molecule has 0 radical (unpaired) electrons. The number of Topliss-reactive ketones (excluding diaryl/α,β-unsaturated/α-hetero) is 1. The van der Waals surface area contributed by atoms with E-state index in [0.717, 1.165) is 24.8 Å². The van der Waals surface area contributed by atoms with Gasteiger partial charge in [-0.1, -0.05) is 31.4 Å². The van der Waals surface area contributed by atoms with Crippen LogP contribution in [0.4, 0.5) is 4.39 Å². The molecule has 0 fully saturated rings. The molecule has 0 N–H and O–H groups in total. The molecule has 0 bridgehead atoms. The number of rotatable bonds is 10. The molecule has 166 valence electrons. The molecule has 0 spiro atoms. The summed E-state index contributed by atoms with van der Waals surface area (Å²) < 4.78 is 32.2. The maximum Gasteiger partial charge on any atom is 0.303 e. The van der Waals surface area contributed by atoms with Crippen molar-refractivity contribution in [1.29, 1.82) is 0 Å². The zero-order chi connectivity index (χ0) is 22.3. The molecule has 2 atom stereocenters. The fraction of sp³-hybridized carbons (Fsp3) is 0.583. The number of ketones is 1. The van der Waals surface area contributed by atoms with E-state index in [1.807, 2.05) is 19.9 Å². The molecule has 2 rings (SSSR count). The van der Waals surface area contributed by atoms with Gasteiger partial charge in [0.1, 0.15) is 0 Å². The molecule has 1 aliphatic carbocycles. The van der Waals surface area contributed by atoms with Crippen LogP contribution >= 0.6 is 0 Å². The van der Waals surface area contributed by atoms with Crippen LogP contribution in [0.15, 0.2) is 46.2 Å². The fourth-order valence-corrected chi connectivity index (χ4v) is 3.59. The van der Waals surface area contributed by atoms with Crippen LogP contribution in [-0.4, -0.2) is 30.6 Å². The highest BCUT2D eigenvalue weighted by molar-refractivity contribution is 6.09. The van der Waals surface area contributed by atoms with Crippen molar-refractivity contribution in [2.24, 2.45) is 0 Å². The van der Waals surface area contributed by atoms with Gasteiger partial charge in [-0.3, -0.25) is 9.59 Å². The van der Waals surface area contributed by atoms with Crippen LogP contribution in [0.3, 0.4) is 0 Å². The molecule has 2 unspecified atom stereocenters. The number of halogens is 1. The third-order valence-electron chi connectivity index (χ3n) is 5.00. The average Bonchev–Trinajstić information content (AvgIpc) is 2.67. The van der Waals surface area contributed by atoms with Crippen molar-refractivity contribution >= 4 is 11.8 Å². The number of carbonyl (C=O) groups is 2. The molecule has 1 aliphatic heterocycles. The lowest BCUT2D eigenvalue weighted by molar-refractivity contribution is -0.143. The highest BCUT2D eigenvalue weighted by atomic mass is 19.1. The van der Waals surface area contributed by atoms with Crippen LogP contribution in [0.5, 0.6) is 0 Å². The van der Waals surface area contributed by atoms with E-state index in [4.69, 9.17) is 14.2 Å². The Hall–Kier alpha value is -2.37. The van der Waals surface area contributed by atoms with Gasteiger partial charge < -0.3 is 14.2 Å². The minimum absolute atomic E-state index is 0.0376. The SMILES string of the molecule is CCCCCC1=CC(OC(C)=O)C2=C(OC(CCC=C(C)C)C(F)=C2OCC)C1=O. The topological polar surface area (TPSA) is 61.8 Å². The summed E-state index contributed by atoms with van der Waals surface area (Å²) in [5.74, 6) is -1.36. The van der Waals surface area contributed by atoms with Crippen molar-refractivity contribution in [1.82, 2.24) is 0 Å². The van der Waals surface area contributed by atoms with Crippen molar-refractivity contribution < 1.29 is 28.2 Å². The molecular weight excluding hydrogens is 387 g/mol. The van der Waals surface area contributed by atoms with Crippen LogP contribution in [0.2, 0.25) is 0 Å². The van der Waals surface area contributed by atoms with Gasteiger partial charge in [0.05, 0.1) is 12.2 Å². The first-order chi connectivity index (χ1) is 14.3. The van der Waals surface area contributed by atoms with Gasteiger partial charge in [0.15, 0.2) is 29.6 Å². The van der Waals surface area contributed by atoms with Crippen molar-refractivity contribution in [2.75, 3.05) is 6.61 Å². The van der Waals surface area contributed by atoms with Gasteiger partial charge in [0.2, 0.25) is 5.78 Å². The molecule has 0 aromatic heterocycles. The predicted molar refractivity (Wildman–Crippen MR) is 113 cm³/mol. The molecule has 30 heavy (non-hydrogen) atoms. The van der Waals surface area contributed by atoms with Gasteiger partial charge in [-0.25, -0.2) is 4.39 Å². The monoisotopic (exact) mass is 420 g/mol. The minimum atomic E-state index is -0.905. The molecule has 0 amide bonds. The number of esters is 1. The van der Waals surface area contributed by atoms with Crippen LogP contribution < -0.4 is 0 Å². The summed E-state index contributed by atoms with van der Waals surface area (Å²) in [5, 5.41) is 0. The lowest BCUT2D eigenvalue weighted by Crippen LogP contribution is -2.35. The third kappa shape index (κ3) is 5.83. The summed E-state index contributed by atoms with van der Waals surface area (Å²) in [6, 6.07) is 0. The van der Waals surface area contributed by atoms with Gasteiger partial charge >= 0.3 is 5.97 Å². The predicted octanol–water partition coefficient (Wildman–Crippen LogP) is 5.62. The van der Waals surface area contributed by atoms with E-state index < -0.39 is 24.0 Å². The molecular formula is C24H33FO5. The Morgan fingerprint density at radius 1 is 1.23 bits per heavy atom. The highest BCUT2D eigenvalue weighted by Gasteiger charge is 2.42. The number of ether oxygens (including phenoxy) is 3. The van der Waals surface area contributed by atoms with Crippen LogP contribution in [0.25, 0.3) is 0 Å². The highest BCUT2D eigenvalue weighted by Crippen LogP contribution is 2.40. The summed E-state index contributed by atoms with van der Waals surface area (Å²) >= 11 is 0. The summed E-state index contributed by atoms with van der Waals surface area (Å²) in [7, 11) is 0. The first-order valence-electron chi connectivity index (χ1n) is 10.8. The quantitative estimate of drug-likeness (QED) is 0.261. The number of unbranched alkanes of at least 4 members (excludes halogenated alkanes) is 2. The smallest absolute Gasteiger partial charge is 0.303 e. The third-order valence-corrected chi connectivity index (χ3v) is 5.00. The van der Waals surface area contributed by atoms with Gasteiger partial charge in [-0.05, 0) is 52.5 Å². The van der Waals surface area contributed by atoms with Gasteiger partial charge in [0.25, 0.3) is 0 Å². The van der Waals surface area contributed by atoms with Crippen molar-refractivity contribution in [3.8, 4) is 0 Å². The van der Waals surface area contributed by atoms with E-state index in [1.165, 1.54) is 6.92 Å². The maximum absolute atomic E-state index is 15.3. The maximum atomic E-state index is 15.3. The molecule has 0 aromatic rings. The first-order valence-corrected chi connectivity index (χ1v) is 10.8. The zero-order valence-corrected chi connectivity index (χ0v) is 18.7. The number of hydrogen-bond acceptors (Lipinski definition) is 5. The van der Waals surface area contributed by atoms with Gasteiger partial charge in [-0.2, -0.15) is 0 Å². The van der Waals surface area contributed by atoms with Crippen LogP contribution in [0.1, 0.15) is 73.1 Å². The fourth-order valence-electron chi connectivity index (χ4n) is 3.59. The Morgan fingerprint density at radius 2 is 1.97 bits per heavy atom. The Labute approximate surface area is 178 Å². The second kappa shape index (κ2) is 11.1. The van der Waals surface area contributed by atoms with Crippen LogP contribution in [0, 0.1) is 0 Å². The second-order valence-corrected chi connectivity index (χ2v) is 7.83. The standard InChI is InChI=1S/C24H33FO5/c1-6-8-9-12-17-14-19(29-16(5)26)20-23(28-7-2)21(25)18(13-10-11-15(3)4)30-24(20)22(17)27/h11,14,18-19H,6-10,12-13H2,1-5H3. The molecule has 0 saturated heterocycles. The lowest BCUT2D eigenvalue weighted by Gasteiger charge is -2.33. The molecule has 6 heteroatoms. The van der Waals surface area contributed by atoms with Crippen molar-refractivity contribution in [3.63, 3.8) is 0 Å². The molecule has 0 aromatic carbocycles. The van der Waals surface area contributed by atoms with E-state index in [9.17, 15) is 9.59 Å². The van der Waals surface area contributed by atoms with E-state index in [-0.39, 0.29) is 29.5 Å². The molecule has 2 aliphatic rings. The summed E-state index contributed by atoms with van der Waals surface area (Å²) in [4.78, 5) is 24.9. The Balaban J connectivity index is 2.42. The number of hydrogen-bond donors (Lipinski definition) is 0. The van der Waals surface area contributed by atoms with Gasteiger partial charge in [0, 0.05) is 12.5 Å². The molecule has 5 nitrogen and oxygen atoms in total. The summed E-state index contributed by atoms with van der Waals surface area (Å²) in [6.07, 6.45) is 6.20. The summed E-state index contributed by atoms with van der Waals surface area (Å²) in [6.45, 7) is 9.28. The first kappa shape index (κ1) is 23.9. The zero-order valence-electron chi connectivity index (χ0n) is 18.7. The van der Waals surface area contributed by atoms with E-state index in [0.29, 0.717) is 24.8 Å². The Kier molecular flexibility index (Phi) is 8.88. The van der Waals surface area contributed by atoms with Crippen LogP contribution in [-0.2, 0) is 23.8 Å².